The van der Waals surface area contributed by atoms with Crippen LogP contribution in [-0.4, -0.2) is 12.1 Å². The van der Waals surface area contributed by atoms with Crippen LogP contribution in [0.25, 0.3) is 0 Å². The van der Waals surface area contributed by atoms with Crippen molar-refractivity contribution >= 4 is 12.1 Å². The van der Waals surface area contributed by atoms with E-state index in [4.69, 9.17) is 0 Å². The second kappa shape index (κ2) is 14.5. The van der Waals surface area contributed by atoms with Gasteiger partial charge in [0, 0.05) is 22.6 Å². The minimum atomic E-state index is 0.0444. The van der Waals surface area contributed by atoms with Gasteiger partial charge < -0.3 is 4.79 Å². The first-order valence-electron chi connectivity index (χ1n) is 10.3. The number of aldehydes is 1. The third-order valence-corrected chi connectivity index (χ3v) is 4.05. The summed E-state index contributed by atoms with van der Waals surface area (Å²) in [6.07, 6.45) is 1.84. The Morgan fingerprint density at radius 3 is 1.93 bits per heavy atom. The first-order valence-corrected chi connectivity index (χ1v) is 10.3. The molecule has 0 bridgehead atoms. The lowest BCUT2D eigenvalue weighted by molar-refractivity contribution is -0.110. The summed E-state index contributed by atoms with van der Waals surface area (Å²) < 4.78 is 0. The van der Waals surface area contributed by atoms with Crippen molar-refractivity contribution in [2.75, 3.05) is 0 Å². The summed E-state index contributed by atoms with van der Waals surface area (Å²) in [6, 6.07) is 27.2. The van der Waals surface area contributed by atoms with Crippen molar-refractivity contribution in [2.45, 2.75) is 34.1 Å². The van der Waals surface area contributed by atoms with Crippen molar-refractivity contribution in [3.63, 3.8) is 0 Å². The standard InChI is InChI=1S/C16H12O.C10H12O.C2H6/c1-13(17)16-10-6-5-9-15(16)12-11-14-7-3-2-4-8-14;1-9(8-11)7-10-5-3-2-4-6-10;1-2/h2-10H,1H3;2-6,8-9H,7H2,1H3;1-2H3/t;9-;/m.0./s1. The zero-order chi connectivity index (χ0) is 22.2. The molecule has 0 aromatic heterocycles. The van der Waals surface area contributed by atoms with Gasteiger partial charge in [-0.3, -0.25) is 4.79 Å². The predicted octanol–water partition coefficient (Wildman–Crippen LogP) is 6.38. The lowest BCUT2D eigenvalue weighted by Crippen LogP contribution is -1.99. The Balaban J connectivity index is 0.000000300. The molecule has 0 N–H and O–H groups in total. The maximum absolute atomic E-state index is 11.4. The highest BCUT2D eigenvalue weighted by Gasteiger charge is 2.03. The molecule has 0 spiro atoms. The van der Waals surface area contributed by atoms with Crippen LogP contribution in [0.15, 0.2) is 84.9 Å². The van der Waals surface area contributed by atoms with Crippen molar-refractivity contribution < 1.29 is 9.59 Å². The first kappa shape index (κ1) is 24.6. The van der Waals surface area contributed by atoms with Gasteiger partial charge in [0.2, 0.25) is 0 Å². The van der Waals surface area contributed by atoms with Crippen LogP contribution >= 0.6 is 0 Å². The van der Waals surface area contributed by atoms with Crippen LogP contribution in [0.1, 0.15) is 54.7 Å². The fourth-order valence-corrected chi connectivity index (χ4v) is 2.59. The number of hydrogen-bond donors (Lipinski definition) is 0. The van der Waals surface area contributed by atoms with Gasteiger partial charge in [-0.2, -0.15) is 0 Å². The zero-order valence-corrected chi connectivity index (χ0v) is 18.3. The maximum atomic E-state index is 11.4. The molecule has 0 radical (unpaired) electrons. The third-order valence-electron chi connectivity index (χ3n) is 4.05. The van der Waals surface area contributed by atoms with E-state index in [9.17, 15) is 9.59 Å². The minimum absolute atomic E-state index is 0.0444. The summed E-state index contributed by atoms with van der Waals surface area (Å²) in [7, 11) is 0. The predicted molar refractivity (Wildman–Crippen MR) is 126 cm³/mol. The number of ketones is 1. The Hall–Kier alpha value is -3.44. The van der Waals surface area contributed by atoms with Crippen LogP contribution in [0.4, 0.5) is 0 Å². The Morgan fingerprint density at radius 1 is 0.833 bits per heavy atom. The second-order valence-corrected chi connectivity index (χ2v) is 6.52. The van der Waals surface area contributed by atoms with Crippen LogP contribution in [0.3, 0.4) is 0 Å². The van der Waals surface area contributed by atoms with Gasteiger partial charge in [-0.25, -0.2) is 0 Å². The quantitative estimate of drug-likeness (QED) is 0.290. The molecule has 0 aliphatic carbocycles. The Bertz CT molecular complexity index is 948. The summed E-state index contributed by atoms with van der Waals surface area (Å²) in [5, 5.41) is 0. The van der Waals surface area contributed by atoms with Crippen molar-refractivity contribution in [3.05, 3.63) is 107 Å². The third kappa shape index (κ3) is 9.17. The molecule has 0 unspecified atom stereocenters. The number of hydrogen-bond acceptors (Lipinski definition) is 2. The molecule has 0 saturated carbocycles. The first-order chi connectivity index (χ1) is 14.6. The number of carbonyl (C=O) groups is 2. The lowest BCUT2D eigenvalue weighted by Gasteiger charge is -2.01. The molecule has 3 aromatic rings. The van der Waals surface area contributed by atoms with E-state index in [1.54, 1.807) is 13.0 Å². The van der Waals surface area contributed by atoms with E-state index >= 15 is 0 Å². The van der Waals surface area contributed by atoms with Gasteiger partial charge in [0.1, 0.15) is 6.29 Å². The van der Waals surface area contributed by atoms with E-state index in [0.717, 1.165) is 23.8 Å². The summed E-state index contributed by atoms with van der Waals surface area (Å²) in [5.41, 5.74) is 3.64. The molecule has 3 rings (SSSR count). The number of rotatable bonds is 4. The molecule has 0 fully saturated rings. The molecule has 1 atom stereocenters. The van der Waals surface area contributed by atoms with E-state index in [1.165, 1.54) is 5.56 Å². The van der Waals surface area contributed by atoms with Gasteiger partial charge in [0.25, 0.3) is 0 Å². The Kier molecular flexibility index (Phi) is 11.9. The SMILES string of the molecule is CC.CC(=O)c1ccccc1C#Cc1ccccc1.C[C@H](C=O)Cc1ccccc1. The highest BCUT2D eigenvalue weighted by molar-refractivity contribution is 5.96. The molecule has 0 heterocycles. The van der Waals surface area contributed by atoms with Gasteiger partial charge in [0.15, 0.2) is 5.78 Å². The van der Waals surface area contributed by atoms with Crippen molar-refractivity contribution in [2.24, 2.45) is 5.92 Å². The zero-order valence-electron chi connectivity index (χ0n) is 18.3. The monoisotopic (exact) mass is 398 g/mol. The van der Waals surface area contributed by atoms with Crippen LogP contribution in [0.5, 0.6) is 0 Å². The van der Waals surface area contributed by atoms with Crippen LogP contribution in [-0.2, 0) is 11.2 Å². The second-order valence-electron chi connectivity index (χ2n) is 6.52. The average molecular weight is 399 g/mol. The van der Waals surface area contributed by atoms with Crippen molar-refractivity contribution in [1.82, 2.24) is 0 Å². The van der Waals surface area contributed by atoms with E-state index in [1.807, 2.05) is 99.6 Å². The molecular formula is C28H30O2. The maximum Gasteiger partial charge on any atom is 0.161 e. The number of Topliss-reactive ketones (excluding diaryl/α,β-unsaturated/α-hetero) is 1. The topological polar surface area (TPSA) is 34.1 Å². The van der Waals surface area contributed by atoms with E-state index < -0.39 is 0 Å². The van der Waals surface area contributed by atoms with Gasteiger partial charge in [-0.15, -0.1) is 0 Å². The van der Waals surface area contributed by atoms with Gasteiger partial charge in [-0.1, -0.05) is 99.3 Å². The molecule has 2 nitrogen and oxygen atoms in total. The van der Waals surface area contributed by atoms with E-state index in [-0.39, 0.29) is 11.7 Å². The highest BCUT2D eigenvalue weighted by atomic mass is 16.1. The van der Waals surface area contributed by atoms with Gasteiger partial charge >= 0.3 is 0 Å². The largest absolute Gasteiger partial charge is 0.303 e. The molecule has 154 valence electrons. The average Bonchev–Trinajstić information content (AvgIpc) is 2.81. The summed E-state index contributed by atoms with van der Waals surface area (Å²) in [6.45, 7) is 7.49. The molecule has 0 amide bonds. The summed E-state index contributed by atoms with van der Waals surface area (Å²) in [4.78, 5) is 21.7. The fraction of sp³-hybridized carbons (Fsp3) is 0.214. The normalized spacial score (nSPS) is 10.0. The molecule has 2 heteroatoms. The molecule has 0 saturated heterocycles. The summed E-state index contributed by atoms with van der Waals surface area (Å²) >= 11 is 0. The lowest BCUT2D eigenvalue weighted by atomic mass is 10.0. The minimum Gasteiger partial charge on any atom is -0.303 e. The van der Waals surface area contributed by atoms with Gasteiger partial charge in [0.05, 0.1) is 0 Å². The van der Waals surface area contributed by atoms with E-state index in [0.29, 0.717) is 5.56 Å². The van der Waals surface area contributed by atoms with Crippen molar-refractivity contribution in [3.8, 4) is 11.8 Å². The highest BCUT2D eigenvalue weighted by Crippen LogP contribution is 2.08. The Morgan fingerprint density at radius 2 is 1.37 bits per heavy atom. The smallest absolute Gasteiger partial charge is 0.161 e. The molecule has 30 heavy (non-hydrogen) atoms. The summed E-state index contributed by atoms with van der Waals surface area (Å²) in [5.74, 6) is 6.27. The van der Waals surface area contributed by atoms with Crippen molar-refractivity contribution in [1.29, 1.82) is 0 Å². The molecule has 0 aliphatic heterocycles. The van der Waals surface area contributed by atoms with Crippen LogP contribution in [0.2, 0.25) is 0 Å². The Labute approximate surface area is 181 Å². The van der Waals surface area contributed by atoms with Gasteiger partial charge in [-0.05, 0) is 37.1 Å². The fourth-order valence-electron chi connectivity index (χ4n) is 2.59. The number of benzene rings is 3. The molecular weight excluding hydrogens is 368 g/mol. The number of carbonyl (C=O) groups excluding carboxylic acids is 2. The molecule has 0 aliphatic rings. The van der Waals surface area contributed by atoms with Crippen LogP contribution in [0, 0.1) is 17.8 Å². The molecule has 3 aromatic carbocycles. The van der Waals surface area contributed by atoms with Crippen LogP contribution < -0.4 is 0 Å². The van der Waals surface area contributed by atoms with E-state index in [2.05, 4.69) is 11.8 Å².